The number of amides is 1. The number of aryl methyl sites for hydroxylation is 1. The minimum absolute atomic E-state index is 0.0926. The van der Waals surface area contributed by atoms with Crippen LogP contribution in [0, 0.1) is 6.92 Å². The van der Waals surface area contributed by atoms with Crippen LogP contribution in [-0.4, -0.2) is 28.6 Å². The molecule has 104 valence electrons. The van der Waals surface area contributed by atoms with Gasteiger partial charge >= 0.3 is 0 Å². The molecular formula is C16H18N2O2. The number of pyridine rings is 1. The van der Waals surface area contributed by atoms with Crippen LogP contribution in [0.5, 0.6) is 0 Å². The number of carbonyl (C=O) groups is 1. The van der Waals surface area contributed by atoms with Gasteiger partial charge in [-0.15, -0.1) is 0 Å². The molecule has 0 saturated heterocycles. The van der Waals surface area contributed by atoms with E-state index in [4.69, 9.17) is 0 Å². The smallest absolute Gasteiger partial charge is 0.251 e. The zero-order valence-corrected chi connectivity index (χ0v) is 11.4. The number of nitrogens with zero attached hydrogens (tertiary/aromatic N) is 1. The number of aromatic nitrogens is 1. The maximum Gasteiger partial charge on any atom is 0.251 e. The average molecular weight is 270 g/mol. The Kier molecular flexibility index (Phi) is 4.85. The third-order valence-electron chi connectivity index (χ3n) is 3.04. The van der Waals surface area contributed by atoms with E-state index in [0.29, 0.717) is 12.0 Å². The summed E-state index contributed by atoms with van der Waals surface area (Å²) in [6, 6.07) is 12.9. The van der Waals surface area contributed by atoms with Crippen LogP contribution in [0.15, 0.2) is 48.7 Å². The molecule has 1 atom stereocenters. The molecule has 4 nitrogen and oxygen atoms in total. The van der Waals surface area contributed by atoms with Crippen molar-refractivity contribution in [1.82, 2.24) is 10.3 Å². The molecule has 4 heteroatoms. The first kappa shape index (κ1) is 14.2. The van der Waals surface area contributed by atoms with Gasteiger partial charge in [-0.05, 0) is 31.0 Å². The number of hydrogen-bond acceptors (Lipinski definition) is 3. The summed E-state index contributed by atoms with van der Waals surface area (Å²) in [5.74, 6) is -0.189. The summed E-state index contributed by atoms with van der Waals surface area (Å²) in [6.07, 6.45) is 2.21. The zero-order valence-electron chi connectivity index (χ0n) is 11.4. The van der Waals surface area contributed by atoms with E-state index >= 15 is 0 Å². The third kappa shape index (κ3) is 3.90. The Labute approximate surface area is 118 Å². The molecule has 0 spiro atoms. The number of carbonyl (C=O) groups excluding carboxylic acids is 1. The Morgan fingerprint density at radius 1 is 1.30 bits per heavy atom. The molecule has 2 rings (SSSR count). The average Bonchev–Trinajstić information content (AvgIpc) is 2.47. The van der Waals surface area contributed by atoms with Gasteiger partial charge in [-0.1, -0.05) is 30.3 Å². The number of aliphatic hydroxyl groups excluding tert-OH is 1. The van der Waals surface area contributed by atoms with Crippen molar-refractivity contribution in [2.45, 2.75) is 19.4 Å². The van der Waals surface area contributed by atoms with Gasteiger partial charge in [-0.25, -0.2) is 0 Å². The van der Waals surface area contributed by atoms with E-state index in [1.54, 1.807) is 18.3 Å². The van der Waals surface area contributed by atoms with E-state index in [0.717, 1.165) is 11.3 Å². The van der Waals surface area contributed by atoms with Crippen molar-refractivity contribution in [1.29, 1.82) is 0 Å². The summed E-state index contributed by atoms with van der Waals surface area (Å²) in [5.41, 5.74) is 2.43. The highest BCUT2D eigenvalue weighted by Gasteiger charge is 2.13. The van der Waals surface area contributed by atoms with Crippen LogP contribution in [-0.2, 0) is 6.42 Å². The molecule has 2 aromatic rings. The van der Waals surface area contributed by atoms with Gasteiger partial charge in [0.2, 0.25) is 0 Å². The molecule has 0 bridgehead atoms. The first-order chi connectivity index (χ1) is 9.69. The lowest BCUT2D eigenvalue weighted by Crippen LogP contribution is -2.39. The highest BCUT2D eigenvalue weighted by molar-refractivity contribution is 5.94. The van der Waals surface area contributed by atoms with E-state index in [1.807, 2.05) is 37.3 Å². The molecule has 1 amide bonds. The number of rotatable bonds is 5. The van der Waals surface area contributed by atoms with Crippen molar-refractivity contribution in [2.24, 2.45) is 0 Å². The standard InChI is InChI=1S/C16H18N2O2/c1-12-9-14(7-8-17-12)16(20)18-15(11-19)10-13-5-3-2-4-6-13/h2-9,15,19H,10-11H2,1H3,(H,18,20)/t15-/m0/s1. The van der Waals surface area contributed by atoms with Crippen molar-refractivity contribution in [3.63, 3.8) is 0 Å². The molecule has 0 fully saturated rings. The van der Waals surface area contributed by atoms with Gasteiger partial charge < -0.3 is 10.4 Å². The van der Waals surface area contributed by atoms with E-state index in [2.05, 4.69) is 10.3 Å². The van der Waals surface area contributed by atoms with Gasteiger partial charge in [0, 0.05) is 17.5 Å². The highest BCUT2D eigenvalue weighted by Crippen LogP contribution is 2.05. The van der Waals surface area contributed by atoms with Gasteiger partial charge in [0.1, 0.15) is 0 Å². The van der Waals surface area contributed by atoms with Crippen molar-refractivity contribution in [3.05, 3.63) is 65.5 Å². The van der Waals surface area contributed by atoms with Crippen LogP contribution in [0.2, 0.25) is 0 Å². The van der Waals surface area contributed by atoms with Crippen molar-refractivity contribution >= 4 is 5.91 Å². The summed E-state index contributed by atoms with van der Waals surface area (Å²) < 4.78 is 0. The number of nitrogens with one attached hydrogen (secondary N) is 1. The molecule has 1 aromatic heterocycles. The molecule has 0 aliphatic rings. The molecule has 1 aromatic carbocycles. The molecule has 0 saturated carbocycles. The van der Waals surface area contributed by atoms with Gasteiger partial charge in [-0.2, -0.15) is 0 Å². The number of aliphatic hydroxyl groups is 1. The minimum Gasteiger partial charge on any atom is -0.394 e. The van der Waals surface area contributed by atoms with Gasteiger partial charge in [0.25, 0.3) is 5.91 Å². The fourth-order valence-corrected chi connectivity index (χ4v) is 2.02. The van der Waals surface area contributed by atoms with Crippen molar-refractivity contribution in [3.8, 4) is 0 Å². The number of benzene rings is 1. The Morgan fingerprint density at radius 3 is 2.70 bits per heavy atom. The summed E-state index contributed by atoms with van der Waals surface area (Å²) in [5, 5.41) is 12.3. The first-order valence-electron chi connectivity index (χ1n) is 6.57. The normalized spacial score (nSPS) is 11.9. The molecule has 0 unspecified atom stereocenters. The third-order valence-corrected chi connectivity index (χ3v) is 3.04. The largest absolute Gasteiger partial charge is 0.394 e. The van der Waals surface area contributed by atoms with E-state index < -0.39 is 0 Å². The molecule has 20 heavy (non-hydrogen) atoms. The van der Waals surface area contributed by atoms with Crippen LogP contribution in [0.1, 0.15) is 21.6 Å². The second-order valence-electron chi connectivity index (χ2n) is 4.73. The summed E-state index contributed by atoms with van der Waals surface area (Å²) >= 11 is 0. The van der Waals surface area contributed by atoms with Crippen LogP contribution in [0.3, 0.4) is 0 Å². The minimum atomic E-state index is -0.293. The lowest BCUT2D eigenvalue weighted by molar-refractivity contribution is 0.0916. The fraction of sp³-hybridized carbons (Fsp3) is 0.250. The van der Waals surface area contributed by atoms with E-state index in [1.165, 1.54) is 0 Å². The van der Waals surface area contributed by atoms with Gasteiger partial charge in [0.15, 0.2) is 0 Å². The maximum atomic E-state index is 12.1. The van der Waals surface area contributed by atoms with Crippen LogP contribution >= 0.6 is 0 Å². The van der Waals surface area contributed by atoms with Gasteiger partial charge in [-0.3, -0.25) is 9.78 Å². The second-order valence-corrected chi connectivity index (χ2v) is 4.73. The van der Waals surface area contributed by atoms with E-state index in [-0.39, 0.29) is 18.6 Å². The van der Waals surface area contributed by atoms with Gasteiger partial charge in [0.05, 0.1) is 12.6 Å². The molecule has 1 heterocycles. The molecular weight excluding hydrogens is 252 g/mol. The molecule has 0 aliphatic carbocycles. The predicted octanol–water partition coefficient (Wildman–Crippen LogP) is 1.72. The lowest BCUT2D eigenvalue weighted by Gasteiger charge is -2.16. The lowest BCUT2D eigenvalue weighted by atomic mass is 10.1. The monoisotopic (exact) mass is 270 g/mol. The predicted molar refractivity (Wildman–Crippen MR) is 77.5 cm³/mol. The molecule has 0 aliphatic heterocycles. The fourth-order valence-electron chi connectivity index (χ4n) is 2.02. The first-order valence-corrected chi connectivity index (χ1v) is 6.57. The molecule has 2 N–H and O–H groups in total. The van der Waals surface area contributed by atoms with Crippen molar-refractivity contribution < 1.29 is 9.90 Å². The topological polar surface area (TPSA) is 62.2 Å². The molecule has 0 radical (unpaired) electrons. The summed E-state index contributed by atoms with van der Waals surface area (Å²) in [7, 11) is 0. The number of hydrogen-bond donors (Lipinski definition) is 2. The Bertz CT molecular complexity index is 570. The Balaban J connectivity index is 2.01. The SMILES string of the molecule is Cc1cc(C(=O)N[C@H](CO)Cc2ccccc2)ccn1. The summed E-state index contributed by atoms with van der Waals surface area (Å²) in [6.45, 7) is 1.75. The van der Waals surface area contributed by atoms with Crippen LogP contribution < -0.4 is 5.32 Å². The van der Waals surface area contributed by atoms with Crippen molar-refractivity contribution in [2.75, 3.05) is 6.61 Å². The Morgan fingerprint density at radius 2 is 2.05 bits per heavy atom. The van der Waals surface area contributed by atoms with Crippen LogP contribution in [0.4, 0.5) is 0 Å². The van der Waals surface area contributed by atoms with Crippen LogP contribution in [0.25, 0.3) is 0 Å². The quantitative estimate of drug-likeness (QED) is 0.869. The second kappa shape index (κ2) is 6.82. The Hall–Kier alpha value is -2.20. The summed E-state index contributed by atoms with van der Waals surface area (Å²) in [4.78, 5) is 16.2. The highest BCUT2D eigenvalue weighted by atomic mass is 16.3. The maximum absolute atomic E-state index is 12.1. The zero-order chi connectivity index (χ0) is 14.4. The van der Waals surface area contributed by atoms with E-state index in [9.17, 15) is 9.90 Å².